The van der Waals surface area contributed by atoms with Gasteiger partial charge in [0, 0.05) is 66.4 Å². The first kappa shape index (κ1) is 29.8. The molecule has 4 aromatic rings. The van der Waals surface area contributed by atoms with Crippen molar-refractivity contribution in [3.63, 3.8) is 0 Å². The molecule has 0 amide bonds. The monoisotopic (exact) mass is 621 g/mol. The molecule has 1 aliphatic heterocycles. The van der Waals surface area contributed by atoms with Gasteiger partial charge in [-0.2, -0.15) is 4.39 Å². The van der Waals surface area contributed by atoms with E-state index in [1.165, 1.54) is 30.6 Å². The van der Waals surface area contributed by atoms with Gasteiger partial charge < -0.3 is 19.9 Å². The van der Waals surface area contributed by atoms with Crippen molar-refractivity contribution >= 4 is 28.8 Å². The predicted molar refractivity (Wildman–Crippen MR) is 147 cm³/mol. The van der Waals surface area contributed by atoms with Crippen molar-refractivity contribution in [3.8, 4) is 22.9 Å². The van der Waals surface area contributed by atoms with Gasteiger partial charge in [0.15, 0.2) is 11.6 Å². The molecule has 5 rings (SSSR count). The number of rotatable bonds is 9. The van der Waals surface area contributed by atoms with Crippen LogP contribution >= 0.6 is 11.6 Å². The van der Waals surface area contributed by atoms with Crippen LogP contribution in [0.3, 0.4) is 0 Å². The average molecular weight is 622 g/mol. The standard InChI is InChI=1S/C27H23ClF4N6O3S/c28-18-11-21(23(31)24(32)22(18)25(38-42(39)40)16-4-1-2-6-19(16)30)41-26-17(5-3-8-34-26)20-7-9-35-27(37-20)36-15-10-14(29)12-33-13-15/h1-9,11,14-15,25,33,38H,10,12-13H2,(H,39,40)(H,35,36,37)/p-1/t14-,15-,25?/m0/s1. The summed E-state index contributed by atoms with van der Waals surface area (Å²) in [5, 5.41) is 5.62. The molecule has 0 bridgehead atoms. The molecule has 3 N–H and O–H groups in total. The molecule has 2 unspecified atom stereocenters. The van der Waals surface area contributed by atoms with Crippen LogP contribution in [0.2, 0.25) is 5.02 Å². The molecule has 1 fully saturated rings. The molecular formula is C27H22ClF4N6O3S-. The minimum Gasteiger partial charge on any atom is -0.760 e. The highest BCUT2D eigenvalue weighted by molar-refractivity contribution is 7.77. The summed E-state index contributed by atoms with van der Waals surface area (Å²) in [5.41, 5.74) is -0.305. The lowest BCUT2D eigenvalue weighted by atomic mass is 9.98. The molecule has 15 heteroatoms. The molecule has 0 aliphatic carbocycles. The van der Waals surface area contributed by atoms with Gasteiger partial charge in [-0.25, -0.2) is 32.8 Å². The van der Waals surface area contributed by atoms with Gasteiger partial charge in [0.25, 0.3) is 0 Å². The van der Waals surface area contributed by atoms with Crippen molar-refractivity contribution in [2.24, 2.45) is 0 Å². The van der Waals surface area contributed by atoms with Crippen molar-refractivity contribution in [3.05, 3.63) is 94.5 Å². The van der Waals surface area contributed by atoms with Gasteiger partial charge in [0.1, 0.15) is 12.0 Å². The Hall–Kier alpha value is -3.69. The topological polar surface area (TPSA) is 124 Å². The number of nitrogens with one attached hydrogen (secondary N) is 3. The Balaban J connectivity index is 1.47. The number of halogens is 5. The molecule has 1 aliphatic rings. The highest BCUT2D eigenvalue weighted by Gasteiger charge is 2.29. The molecule has 0 spiro atoms. The molecular weight excluding hydrogens is 600 g/mol. The van der Waals surface area contributed by atoms with Crippen molar-refractivity contribution in [1.29, 1.82) is 0 Å². The fourth-order valence-electron chi connectivity index (χ4n) is 4.54. The van der Waals surface area contributed by atoms with E-state index in [9.17, 15) is 17.5 Å². The van der Waals surface area contributed by atoms with E-state index < -0.39 is 57.3 Å². The van der Waals surface area contributed by atoms with Gasteiger partial charge in [0.2, 0.25) is 17.6 Å². The van der Waals surface area contributed by atoms with E-state index in [2.05, 4.69) is 25.6 Å². The summed E-state index contributed by atoms with van der Waals surface area (Å²) >= 11 is 3.31. The second-order valence-electron chi connectivity index (χ2n) is 9.26. The van der Waals surface area contributed by atoms with E-state index in [0.29, 0.717) is 17.8 Å². The van der Waals surface area contributed by atoms with Crippen LogP contribution in [0.5, 0.6) is 11.6 Å². The third-order valence-electron chi connectivity index (χ3n) is 6.42. The summed E-state index contributed by atoms with van der Waals surface area (Å²) in [6.07, 6.45) is 2.10. The molecule has 0 saturated carbocycles. The minimum atomic E-state index is -2.99. The zero-order chi connectivity index (χ0) is 29.8. The van der Waals surface area contributed by atoms with E-state index in [-0.39, 0.29) is 36.4 Å². The van der Waals surface area contributed by atoms with Gasteiger partial charge in [-0.15, -0.1) is 0 Å². The van der Waals surface area contributed by atoms with Gasteiger partial charge in [-0.1, -0.05) is 29.8 Å². The fourth-order valence-corrected chi connectivity index (χ4v) is 5.27. The largest absolute Gasteiger partial charge is 0.760 e. The highest BCUT2D eigenvalue weighted by atomic mass is 35.5. The van der Waals surface area contributed by atoms with Crippen LogP contribution < -0.4 is 20.1 Å². The third kappa shape index (κ3) is 6.68. The first-order valence-corrected chi connectivity index (χ1v) is 14.0. The molecule has 1 saturated heterocycles. The van der Waals surface area contributed by atoms with Crippen LogP contribution in [-0.4, -0.2) is 49.0 Å². The summed E-state index contributed by atoms with van der Waals surface area (Å²) < 4.78 is 89.7. The number of piperidine rings is 1. The quantitative estimate of drug-likeness (QED) is 0.136. The lowest BCUT2D eigenvalue weighted by Crippen LogP contribution is -2.44. The van der Waals surface area contributed by atoms with Gasteiger partial charge in [-0.3, -0.25) is 4.21 Å². The number of anilines is 1. The van der Waals surface area contributed by atoms with Crippen molar-refractivity contribution < 1.29 is 31.1 Å². The Morgan fingerprint density at radius 2 is 1.88 bits per heavy atom. The van der Waals surface area contributed by atoms with Crippen LogP contribution in [0.15, 0.2) is 60.9 Å². The summed E-state index contributed by atoms with van der Waals surface area (Å²) in [4.78, 5) is 12.7. The number of pyridine rings is 1. The maximum absolute atomic E-state index is 15.5. The Labute approximate surface area is 245 Å². The second-order valence-corrected chi connectivity index (χ2v) is 10.4. The summed E-state index contributed by atoms with van der Waals surface area (Å²) in [7, 11) is 0. The van der Waals surface area contributed by atoms with E-state index in [0.717, 1.165) is 12.1 Å². The van der Waals surface area contributed by atoms with Crippen LogP contribution in [-0.2, 0) is 11.3 Å². The smallest absolute Gasteiger partial charge is 0.228 e. The Morgan fingerprint density at radius 1 is 1.07 bits per heavy atom. The summed E-state index contributed by atoms with van der Waals surface area (Å²) in [6.45, 7) is 0.797. The number of alkyl halides is 1. The molecule has 4 atom stereocenters. The summed E-state index contributed by atoms with van der Waals surface area (Å²) in [5.74, 6) is -4.53. The molecule has 3 heterocycles. The molecule has 42 heavy (non-hydrogen) atoms. The van der Waals surface area contributed by atoms with E-state index in [1.807, 2.05) is 4.72 Å². The van der Waals surface area contributed by atoms with Crippen molar-refractivity contribution in [2.75, 3.05) is 18.4 Å². The maximum Gasteiger partial charge on any atom is 0.228 e. The number of hydrogen-bond donors (Lipinski definition) is 3. The SMILES string of the molecule is O=S([O-])NC(c1ccccc1F)c1c(Cl)cc(Oc2ncccc2-c2ccnc(N[C@@H]3CNC[C@@H](F)C3)n2)c(F)c1F. The van der Waals surface area contributed by atoms with E-state index in [4.69, 9.17) is 16.3 Å². The second kappa shape index (κ2) is 13.1. The molecule has 220 valence electrons. The first-order valence-electron chi connectivity index (χ1n) is 12.6. The van der Waals surface area contributed by atoms with Crippen molar-refractivity contribution in [2.45, 2.75) is 24.7 Å². The first-order chi connectivity index (χ1) is 20.2. The number of nitrogens with zero attached hydrogens (tertiary/aromatic N) is 3. The average Bonchev–Trinajstić information content (AvgIpc) is 2.96. The lowest BCUT2D eigenvalue weighted by molar-refractivity contribution is 0.254. The van der Waals surface area contributed by atoms with Gasteiger partial charge >= 0.3 is 0 Å². The molecule has 9 nitrogen and oxygen atoms in total. The zero-order valence-electron chi connectivity index (χ0n) is 21.5. The number of ether oxygens (including phenoxy) is 1. The number of hydrogen-bond acceptors (Lipinski definition) is 8. The van der Waals surface area contributed by atoms with Gasteiger partial charge in [0.05, 0.1) is 22.3 Å². The lowest BCUT2D eigenvalue weighted by Gasteiger charge is -2.26. The minimum absolute atomic E-state index is 0.156. The van der Waals surface area contributed by atoms with E-state index >= 15 is 8.78 Å². The van der Waals surface area contributed by atoms with Crippen LogP contribution in [0.1, 0.15) is 23.6 Å². The van der Waals surface area contributed by atoms with Crippen molar-refractivity contribution in [1.82, 2.24) is 25.0 Å². The third-order valence-corrected chi connectivity index (χ3v) is 7.16. The van der Waals surface area contributed by atoms with Crippen LogP contribution in [0, 0.1) is 17.5 Å². The molecule has 0 radical (unpaired) electrons. The molecule has 2 aromatic carbocycles. The Bertz CT molecular complexity index is 1620. The number of aromatic nitrogens is 3. The van der Waals surface area contributed by atoms with Crippen LogP contribution in [0.25, 0.3) is 11.3 Å². The van der Waals surface area contributed by atoms with E-state index in [1.54, 1.807) is 18.2 Å². The maximum atomic E-state index is 15.5. The highest BCUT2D eigenvalue weighted by Crippen LogP contribution is 2.39. The fraction of sp³-hybridized carbons (Fsp3) is 0.222. The predicted octanol–water partition coefficient (Wildman–Crippen LogP) is 4.99. The van der Waals surface area contributed by atoms with Crippen LogP contribution in [0.4, 0.5) is 23.5 Å². The molecule has 2 aromatic heterocycles. The zero-order valence-corrected chi connectivity index (χ0v) is 23.1. The Kier molecular flexibility index (Phi) is 9.28. The Morgan fingerprint density at radius 3 is 2.64 bits per heavy atom. The normalized spacial score (nSPS) is 18.3. The number of benzene rings is 2. The summed E-state index contributed by atoms with van der Waals surface area (Å²) in [6, 6.07) is 8.74. The van der Waals surface area contributed by atoms with Gasteiger partial charge in [-0.05, 0) is 24.3 Å².